The first-order valence-electron chi connectivity index (χ1n) is 10.7. The van der Waals surface area contributed by atoms with Crippen LogP contribution in [0.1, 0.15) is 0 Å². The van der Waals surface area contributed by atoms with E-state index in [1.165, 1.54) is 11.1 Å². The number of aromatic nitrogens is 1. The van der Waals surface area contributed by atoms with Gasteiger partial charge in [0.25, 0.3) is 0 Å². The van der Waals surface area contributed by atoms with Gasteiger partial charge in [-0.2, -0.15) is 0 Å². The Hall–Kier alpha value is -4.37. The first-order valence-corrected chi connectivity index (χ1v) is 10.7. The third-order valence-corrected chi connectivity index (χ3v) is 5.68. The molecule has 152 valence electrons. The lowest BCUT2D eigenvalue weighted by atomic mass is 10.1. The second-order valence-electron chi connectivity index (χ2n) is 7.70. The van der Waals surface area contributed by atoms with E-state index in [4.69, 9.17) is 9.40 Å². The first kappa shape index (κ1) is 18.4. The van der Waals surface area contributed by atoms with Crippen molar-refractivity contribution in [2.45, 2.75) is 0 Å². The van der Waals surface area contributed by atoms with Crippen molar-refractivity contribution in [3.63, 3.8) is 0 Å². The molecule has 0 amide bonds. The van der Waals surface area contributed by atoms with Crippen molar-refractivity contribution in [1.82, 2.24) is 4.98 Å². The molecule has 4 aromatic carbocycles. The molecule has 6 aromatic rings. The molecule has 2 aromatic heterocycles. The van der Waals surface area contributed by atoms with Crippen LogP contribution in [0.3, 0.4) is 0 Å². The fraction of sp³-hybridized carbons (Fsp3) is 0. The molecular weight excluding hydrogens is 392 g/mol. The van der Waals surface area contributed by atoms with Crippen molar-refractivity contribution in [2.75, 3.05) is 4.90 Å². The van der Waals surface area contributed by atoms with Crippen LogP contribution in [0.2, 0.25) is 0 Å². The van der Waals surface area contributed by atoms with Crippen molar-refractivity contribution in [3.05, 3.63) is 121 Å². The smallest absolute Gasteiger partial charge is 0.154 e. The lowest BCUT2D eigenvalue weighted by Gasteiger charge is -2.24. The average Bonchev–Trinajstić information content (AvgIpc) is 3.24. The highest BCUT2D eigenvalue weighted by molar-refractivity contribution is 6.03. The summed E-state index contributed by atoms with van der Waals surface area (Å²) in [6.07, 6.45) is 0. The minimum absolute atomic E-state index is 0.794. The van der Waals surface area contributed by atoms with E-state index >= 15 is 0 Å². The molecule has 0 aliphatic rings. The molecular formula is C29H20N2O. The van der Waals surface area contributed by atoms with Gasteiger partial charge < -0.3 is 4.42 Å². The van der Waals surface area contributed by atoms with Gasteiger partial charge in [-0.05, 0) is 59.7 Å². The maximum atomic E-state index is 5.98. The van der Waals surface area contributed by atoms with E-state index in [0.29, 0.717) is 0 Å². The summed E-state index contributed by atoms with van der Waals surface area (Å²) in [5.74, 6) is 0.850. The lowest BCUT2D eigenvalue weighted by Crippen LogP contribution is -2.11. The summed E-state index contributed by atoms with van der Waals surface area (Å²) in [6, 6.07) is 41.4. The average molecular weight is 412 g/mol. The zero-order valence-corrected chi connectivity index (χ0v) is 17.3. The number of hydrogen-bond donors (Lipinski definition) is 0. The Morgan fingerprint density at radius 1 is 0.500 bits per heavy atom. The normalized spacial score (nSPS) is 11.1. The Bertz CT molecular complexity index is 1500. The van der Waals surface area contributed by atoms with Crippen LogP contribution in [0.15, 0.2) is 126 Å². The minimum Gasteiger partial charge on any atom is -0.454 e. The fourth-order valence-electron chi connectivity index (χ4n) is 4.13. The van der Waals surface area contributed by atoms with E-state index in [-0.39, 0.29) is 0 Å². The van der Waals surface area contributed by atoms with E-state index < -0.39 is 0 Å². The Labute approximate surface area is 186 Å². The Balaban J connectivity index is 1.49. The van der Waals surface area contributed by atoms with Crippen LogP contribution in [0.4, 0.5) is 17.2 Å². The highest BCUT2D eigenvalue weighted by atomic mass is 16.3. The summed E-state index contributed by atoms with van der Waals surface area (Å²) in [4.78, 5) is 7.21. The summed E-state index contributed by atoms with van der Waals surface area (Å²) in [5, 5.41) is 1.02. The van der Waals surface area contributed by atoms with Crippen LogP contribution in [0, 0.1) is 0 Å². The van der Waals surface area contributed by atoms with Gasteiger partial charge in [-0.1, -0.05) is 72.8 Å². The maximum absolute atomic E-state index is 5.98. The highest BCUT2D eigenvalue weighted by Crippen LogP contribution is 2.36. The summed E-state index contributed by atoms with van der Waals surface area (Å²) in [7, 11) is 0. The molecule has 32 heavy (non-hydrogen) atoms. The van der Waals surface area contributed by atoms with Gasteiger partial charge in [0, 0.05) is 16.8 Å². The number of para-hydroxylation sites is 2. The molecule has 0 saturated carbocycles. The molecule has 3 nitrogen and oxygen atoms in total. The van der Waals surface area contributed by atoms with Gasteiger partial charge in [0.15, 0.2) is 5.58 Å². The van der Waals surface area contributed by atoms with Gasteiger partial charge in [0.2, 0.25) is 0 Å². The number of pyridine rings is 1. The van der Waals surface area contributed by atoms with E-state index in [9.17, 15) is 0 Å². The molecule has 0 bridgehead atoms. The molecule has 0 aliphatic carbocycles. The van der Waals surface area contributed by atoms with Crippen LogP contribution in [0.5, 0.6) is 0 Å². The Morgan fingerprint density at radius 2 is 1.12 bits per heavy atom. The molecule has 0 N–H and O–H groups in total. The van der Waals surface area contributed by atoms with E-state index in [1.54, 1.807) is 0 Å². The summed E-state index contributed by atoms with van der Waals surface area (Å²) in [6.45, 7) is 0. The minimum atomic E-state index is 0.794. The van der Waals surface area contributed by atoms with Crippen LogP contribution in [-0.4, -0.2) is 4.98 Å². The zero-order chi connectivity index (χ0) is 21.3. The van der Waals surface area contributed by atoms with Crippen molar-refractivity contribution in [2.24, 2.45) is 0 Å². The van der Waals surface area contributed by atoms with Crippen LogP contribution in [-0.2, 0) is 0 Å². The van der Waals surface area contributed by atoms with Crippen molar-refractivity contribution < 1.29 is 4.42 Å². The molecule has 0 fully saturated rings. The number of anilines is 3. The van der Waals surface area contributed by atoms with Gasteiger partial charge in [-0.15, -0.1) is 0 Å². The number of hydrogen-bond acceptors (Lipinski definition) is 3. The van der Waals surface area contributed by atoms with E-state index in [2.05, 4.69) is 71.6 Å². The quantitative estimate of drug-likeness (QED) is 0.293. The predicted molar refractivity (Wildman–Crippen MR) is 132 cm³/mol. The van der Waals surface area contributed by atoms with Crippen LogP contribution >= 0.6 is 0 Å². The number of nitrogens with zero attached hydrogens (tertiary/aromatic N) is 2. The summed E-state index contributed by atoms with van der Waals surface area (Å²) in [5.41, 5.74) is 7.02. The molecule has 6 rings (SSSR count). The van der Waals surface area contributed by atoms with Crippen LogP contribution in [0.25, 0.3) is 33.2 Å². The molecule has 2 heterocycles. The number of fused-ring (bicyclic) bond motifs is 3. The molecule has 0 unspecified atom stereocenters. The highest BCUT2D eigenvalue weighted by Gasteiger charge is 2.16. The SMILES string of the molecule is c1ccc(-c2ccc(N(c3ccccc3)c3ccc4oc5ccccc5c4n3)cc2)cc1. The molecule has 3 heteroatoms. The topological polar surface area (TPSA) is 29.3 Å². The predicted octanol–water partition coefficient (Wildman–Crippen LogP) is 8.12. The zero-order valence-electron chi connectivity index (χ0n) is 17.3. The monoisotopic (exact) mass is 412 g/mol. The Kier molecular flexibility index (Phi) is 4.43. The molecule has 0 aliphatic heterocycles. The number of rotatable bonds is 4. The number of benzene rings is 4. The second kappa shape index (κ2) is 7.71. The molecule has 0 atom stereocenters. The van der Waals surface area contributed by atoms with Gasteiger partial charge >= 0.3 is 0 Å². The number of furan rings is 1. The van der Waals surface area contributed by atoms with Gasteiger partial charge in [0.1, 0.15) is 16.9 Å². The largest absolute Gasteiger partial charge is 0.454 e. The van der Waals surface area contributed by atoms with Gasteiger partial charge in [-0.3, -0.25) is 4.90 Å². The van der Waals surface area contributed by atoms with Gasteiger partial charge in [0.05, 0.1) is 0 Å². The third-order valence-electron chi connectivity index (χ3n) is 5.68. The lowest BCUT2D eigenvalue weighted by molar-refractivity contribution is 0.668. The first-order chi connectivity index (χ1) is 15.9. The second-order valence-corrected chi connectivity index (χ2v) is 7.70. The molecule has 0 saturated heterocycles. The van der Waals surface area contributed by atoms with Gasteiger partial charge in [-0.25, -0.2) is 4.98 Å². The van der Waals surface area contributed by atoms with Crippen molar-refractivity contribution >= 4 is 39.3 Å². The van der Waals surface area contributed by atoms with Crippen LogP contribution < -0.4 is 4.90 Å². The third kappa shape index (κ3) is 3.21. The molecule has 0 radical (unpaired) electrons. The van der Waals surface area contributed by atoms with E-state index in [0.717, 1.165) is 39.3 Å². The summed E-state index contributed by atoms with van der Waals surface area (Å²) >= 11 is 0. The maximum Gasteiger partial charge on any atom is 0.154 e. The standard InChI is InChI=1S/C29H20N2O/c1-3-9-21(10-4-1)22-15-17-24(18-16-22)31(23-11-5-2-6-12-23)28-20-19-27-29(30-28)25-13-7-8-14-26(25)32-27/h1-20H. The molecule has 0 spiro atoms. The summed E-state index contributed by atoms with van der Waals surface area (Å²) < 4.78 is 5.98. The van der Waals surface area contributed by atoms with E-state index in [1.807, 2.05) is 54.6 Å². The fourth-order valence-corrected chi connectivity index (χ4v) is 4.13. The Morgan fingerprint density at radius 3 is 1.91 bits per heavy atom. The van der Waals surface area contributed by atoms with Crippen molar-refractivity contribution in [1.29, 1.82) is 0 Å². The van der Waals surface area contributed by atoms with Crippen molar-refractivity contribution in [3.8, 4) is 11.1 Å².